The Balaban J connectivity index is 0.00000121. The molecule has 5 nitrogen and oxygen atoms in total. The van der Waals surface area contributed by atoms with Crippen LogP contribution in [0.25, 0.3) is 0 Å². The summed E-state index contributed by atoms with van der Waals surface area (Å²) in [7, 11) is 2.85. The van der Waals surface area contributed by atoms with Crippen molar-refractivity contribution in [3.8, 4) is 0 Å². The maximum absolute atomic E-state index is 11.0. The summed E-state index contributed by atoms with van der Waals surface area (Å²) < 4.78 is 0. The average molecular weight is 178 g/mol. The molecule has 0 aromatic carbocycles. The number of likely N-dealkylation sites (N-methyl/N-ethyl adjacent to an activating group) is 2. The van der Waals surface area contributed by atoms with Crippen molar-refractivity contribution in [3.63, 3.8) is 0 Å². The van der Waals surface area contributed by atoms with Gasteiger partial charge in [-0.15, -0.1) is 6.26 Å². The van der Waals surface area contributed by atoms with Gasteiger partial charge in [0.15, 0.2) is 0 Å². The monoisotopic (exact) mass is 178 g/mol. The SMILES string of the molecule is CN1C(=O)C(=C[O-])C(=O)N1C.[Na+]. The van der Waals surface area contributed by atoms with E-state index in [0.29, 0.717) is 0 Å². The largest absolute Gasteiger partial charge is 1.00 e. The predicted molar refractivity (Wildman–Crippen MR) is 33.6 cm³/mol. The topological polar surface area (TPSA) is 63.7 Å². The van der Waals surface area contributed by atoms with E-state index in [-0.39, 0.29) is 41.4 Å². The van der Waals surface area contributed by atoms with E-state index in [4.69, 9.17) is 0 Å². The first-order chi connectivity index (χ1) is 5.09. The van der Waals surface area contributed by atoms with Crippen LogP contribution in [0.2, 0.25) is 0 Å². The molecule has 6 heteroatoms. The van der Waals surface area contributed by atoms with Crippen molar-refractivity contribution in [1.82, 2.24) is 10.0 Å². The Labute approximate surface area is 91.9 Å². The fourth-order valence-electron chi connectivity index (χ4n) is 0.813. The van der Waals surface area contributed by atoms with Crippen LogP contribution in [0.5, 0.6) is 0 Å². The summed E-state index contributed by atoms with van der Waals surface area (Å²) in [6.07, 6.45) is 0.282. The number of hydrogen-bond donors (Lipinski definition) is 0. The Kier molecular flexibility index (Phi) is 3.76. The molecule has 1 saturated heterocycles. The van der Waals surface area contributed by atoms with Crippen LogP contribution in [-0.4, -0.2) is 35.9 Å². The van der Waals surface area contributed by atoms with Crippen molar-refractivity contribution in [3.05, 3.63) is 11.8 Å². The second-order valence-corrected chi connectivity index (χ2v) is 2.19. The van der Waals surface area contributed by atoms with Crippen molar-refractivity contribution in [1.29, 1.82) is 0 Å². The third-order valence-electron chi connectivity index (χ3n) is 1.62. The molecular weight excluding hydrogens is 171 g/mol. The summed E-state index contributed by atoms with van der Waals surface area (Å²) in [5, 5.41) is 12.4. The van der Waals surface area contributed by atoms with Crippen LogP contribution >= 0.6 is 0 Å². The van der Waals surface area contributed by atoms with Crippen molar-refractivity contribution in [2.75, 3.05) is 14.1 Å². The first kappa shape index (κ1) is 11.5. The molecule has 0 radical (unpaired) electrons. The van der Waals surface area contributed by atoms with Crippen LogP contribution in [0, 0.1) is 0 Å². The molecule has 0 saturated carbocycles. The van der Waals surface area contributed by atoms with Gasteiger partial charge in [0, 0.05) is 14.1 Å². The van der Waals surface area contributed by atoms with Gasteiger partial charge in [-0.1, -0.05) is 0 Å². The van der Waals surface area contributed by atoms with Gasteiger partial charge in [0.05, 0.1) is 5.57 Å². The normalized spacial score (nSPS) is 16.7. The zero-order valence-corrected chi connectivity index (χ0v) is 9.20. The second kappa shape index (κ2) is 3.93. The van der Waals surface area contributed by atoms with E-state index < -0.39 is 11.8 Å². The quantitative estimate of drug-likeness (QED) is 0.162. The molecule has 0 unspecified atom stereocenters. The van der Waals surface area contributed by atoms with Crippen LogP contribution in [0.3, 0.4) is 0 Å². The van der Waals surface area contributed by atoms with Gasteiger partial charge in [0.25, 0.3) is 11.8 Å². The van der Waals surface area contributed by atoms with Crippen molar-refractivity contribution in [2.45, 2.75) is 0 Å². The molecule has 0 aliphatic carbocycles. The third-order valence-corrected chi connectivity index (χ3v) is 1.62. The zero-order valence-electron chi connectivity index (χ0n) is 7.20. The number of hydrogen-bond acceptors (Lipinski definition) is 3. The molecular formula is C6H7N2NaO3. The van der Waals surface area contributed by atoms with Crippen LogP contribution < -0.4 is 34.7 Å². The third kappa shape index (κ3) is 1.48. The van der Waals surface area contributed by atoms with Gasteiger partial charge < -0.3 is 5.11 Å². The van der Waals surface area contributed by atoms with Gasteiger partial charge in [-0.2, -0.15) is 0 Å². The van der Waals surface area contributed by atoms with Gasteiger partial charge in [0.2, 0.25) is 0 Å². The van der Waals surface area contributed by atoms with Gasteiger partial charge in [-0.05, 0) is 0 Å². The molecule has 0 atom stereocenters. The first-order valence-corrected chi connectivity index (χ1v) is 2.97. The van der Waals surface area contributed by atoms with Crippen molar-refractivity contribution in [2.24, 2.45) is 0 Å². The van der Waals surface area contributed by atoms with E-state index in [1.807, 2.05) is 0 Å². The second-order valence-electron chi connectivity index (χ2n) is 2.19. The molecule has 0 spiro atoms. The van der Waals surface area contributed by atoms with Crippen molar-refractivity contribution < 1.29 is 44.3 Å². The molecule has 0 N–H and O–H groups in total. The van der Waals surface area contributed by atoms with Crippen LogP contribution in [0.1, 0.15) is 0 Å². The number of hydrazine groups is 1. The summed E-state index contributed by atoms with van der Waals surface area (Å²) in [6, 6.07) is 0. The molecule has 60 valence electrons. The first-order valence-electron chi connectivity index (χ1n) is 2.97. The van der Waals surface area contributed by atoms with E-state index in [1.54, 1.807) is 0 Å². The number of carbonyl (C=O) groups excluding carboxylic acids is 2. The Bertz CT molecular complexity index is 229. The summed E-state index contributed by atoms with van der Waals surface area (Å²) in [5.41, 5.74) is -0.310. The van der Waals surface area contributed by atoms with E-state index >= 15 is 0 Å². The predicted octanol–water partition coefficient (Wildman–Crippen LogP) is -4.92. The van der Waals surface area contributed by atoms with Crippen LogP contribution in [0.4, 0.5) is 0 Å². The summed E-state index contributed by atoms with van der Waals surface area (Å²) >= 11 is 0. The number of nitrogens with zero attached hydrogens (tertiary/aromatic N) is 2. The Morgan fingerprint density at radius 2 is 1.50 bits per heavy atom. The number of rotatable bonds is 0. The molecule has 0 aromatic heterocycles. The average Bonchev–Trinajstić information content (AvgIpc) is 2.17. The van der Waals surface area contributed by atoms with E-state index in [9.17, 15) is 14.7 Å². The van der Waals surface area contributed by atoms with Gasteiger partial charge >= 0.3 is 29.6 Å². The zero-order chi connectivity index (χ0) is 8.59. The van der Waals surface area contributed by atoms with Crippen LogP contribution in [-0.2, 0) is 9.59 Å². The van der Waals surface area contributed by atoms with Crippen molar-refractivity contribution >= 4 is 11.8 Å². The van der Waals surface area contributed by atoms with Gasteiger partial charge in [-0.25, -0.2) is 0 Å². The summed E-state index contributed by atoms with van der Waals surface area (Å²) in [5.74, 6) is -1.10. The maximum atomic E-state index is 11.0. The Morgan fingerprint density at radius 1 is 1.17 bits per heavy atom. The molecule has 1 heterocycles. The van der Waals surface area contributed by atoms with Gasteiger partial charge in [-0.3, -0.25) is 19.6 Å². The summed E-state index contributed by atoms with van der Waals surface area (Å²) in [4.78, 5) is 21.9. The van der Waals surface area contributed by atoms with E-state index in [2.05, 4.69) is 0 Å². The molecule has 0 bridgehead atoms. The molecule has 1 aliphatic rings. The molecule has 1 aliphatic heterocycles. The molecule has 1 rings (SSSR count). The van der Waals surface area contributed by atoms with Gasteiger partial charge in [0.1, 0.15) is 0 Å². The maximum Gasteiger partial charge on any atom is 1.00 e. The minimum Gasteiger partial charge on any atom is -0.877 e. The molecule has 0 aromatic rings. The van der Waals surface area contributed by atoms with E-state index in [1.165, 1.54) is 14.1 Å². The number of carbonyl (C=O) groups is 2. The Hall–Kier alpha value is -0.520. The summed E-state index contributed by atoms with van der Waals surface area (Å²) in [6.45, 7) is 0. The smallest absolute Gasteiger partial charge is 0.877 e. The molecule has 2 amide bonds. The van der Waals surface area contributed by atoms with E-state index in [0.717, 1.165) is 10.0 Å². The standard InChI is InChI=1S/C6H8N2O3.Na/c1-7-5(10)4(3-9)6(11)8(7)2;/h3,9H,1-2H3;/q;+1/p-1. The van der Waals surface area contributed by atoms with Crippen LogP contribution in [0.15, 0.2) is 11.8 Å². The Morgan fingerprint density at radius 3 is 1.67 bits per heavy atom. The number of amides is 2. The molecule has 1 fully saturated rings. The fraction of sp³-hybridized carbons (Fsp3) is 0.333. The minimum atomic E-state index is -0.549. The fourth-order valence-corrected chi connectivity index (χ4v) is 0.813. The minimum absolute atomic E-state index is 0. The molecule has 12 heavy (non-hydrogen) atoms.